The highest BCUT2D eigenvalue weighted by molar-refractivity contribution is 5.66. The van der Waals surface area contributed by atoms with E-state index in [-0.39, 0.29) is 6.42 Å². The lowest BCUT2D eigenvalue weighted by atomic mass is 9.91. The van der Waals surface area contributed by atoms with Gasteiger partial charge in [0.2, 0.25) is 0 Å². The summed E-state index contributed by atoms with van der Waals surface area (Å²) in [5.41, 5.74) is 0.555. The summed E-state index contributed by atoms with van der Waals surface area (Å²) in [6, 6.07) is 3.73. The highest BCUT2D eigenvalue weighted by atomic mass is 19.1. The summed E-state index contributed by atoms with van der Waals surface area (Å²) in [5, 5.41) is 8.72. The Bertz CT molecular complexity index is 493. The van der Waals surface area contributed by atoms with Crippen LogP contribution in [0.3, 0.4) is 0 Å². The first kappa shape index (κ1) is 15.9. The molecule has 1 aliphatic rings. The van der Waals surface area contributed by atoms with E-state index in [1.165, 1.54) is 12.1 Å². The number of benzene rings is 1. The molecule has 1 heterocycles. The van der Waals surface area contributed by atoms with Crippen LogP contribution in [0, 0.1) is 17.6 Å². The zero-order chi connectivity index (χ0) is 15.2. The molecular formula is C16H21F2NO2. The van der Waals surface area contributed by atoms with Crippen molar-refractivity contribution < 1.29 is 18.7 Å². The third kappa shape index (κ3) is 5.08. The fraction of sp³-hybridized carbons (Fsp3) is 0.562. The minimum absolute atomic E-state index is 0.166. The van der Waals surface area contributed by atoms with E-state index < -0.39 is 17.6 Å². The van der Waals surface area contributed by atoms with Crippen LogP contribution in [0.4, 0.5) is 8.78 Å². The molecule has 3 nitrogen and oxygen atoms in total. The molecule has 1 aromatic carbocycles. The molecule has 0 bridgehead atoms. The molecule has 21 heavy (non-hydrogen) atoms. The number of rotatable bonds is 6. The molecule has 1 unspecified atom stereocenters. The first-order valence-electron chi connectivity index (χ1n) is 7.42. The van der Waals surface area contributed by atoms with Crippen LogP contribution < -0.4 is 0 Å². The zero-order valence-corrected chi connectivity index (χ0v) is 12.0. The molecule has 0 radical (unpaired) electrons. The van der Waals surface area contributed by atoms with Gasteiger partial charge in [0.25, 0.3) is 0 Å². The Morgan fingerprint density at radius 3 is 2.90 bits per heavy atom. The van der Waals surface area contributed by atoms with E-state index in [0.29, 0.717) is 24.4 Å². The van der Waals surface area contributed by atoms with Crippen LogP contribution in [-0.2, 0) is 11.2 Å². The first-order chi connectivity index (χ1) is 10.0. The minimum Gasteiger partial charge on any atom is -0.481 e. The Morgan fingerprint density at radius 1 is 1.38 bits per heavy atom. The molecule has 0 aliphatic carbocycles. The quantitative estimate of drug-likeness (QED) is 0.877. The maximum absolute atomic E-state index is 13.6. The van der Waals surface area contributed by atoms with Crippen molar-refractivity contribution in [1.29, 1.82) is 0 Å². The summed E-state index contributed by atoms with van der Waals surface area (Å²) in [6.07, 6.45) is 3.76. The fourth-order valence-corrected chi connectivity index (χ4v) is 2.93. The van der Waals surface area contributed by atoms with Gasteiger partial charge in [-0.3, -0.25) is 4.79 Å². The number of carboxylic acid groups (broad SMARTS) is 1. The van der Waals surface area contributed by atoms with Crippen molar-refractivity contribution in [2.75, 3.05) is 19.6 Å². The van der Waals surface area contributed by atoms with Gasteiger partial charge in [-0.05, 0) is 49.8 Å². The van der Waals surface area contributed by atoms with E-state index in [4.69, 9.17) is 5.11 Å². The maximum Gasteiger partial charge on any atom is 0.304 e. The Hall–Kier alpha value is -1.49. The zero-order valence-electron chi connectivity index (χ0n) is 12.0. The van der Waals surface area contributed by atoms with Crippen LogP contribution in [-0.4, -0.2) is 35.6 Å². The Balaban J connectivity index is 1.81. The molecule has 1 atom stereocenters. The summed E-state index contributed by atoms with van der Waals surface area (Å²) in [7, 11) is 0. The number of piperidine rings is 1. The van der Waals surface area contributed by atoms with Crippen LogP contribution >= 0.6 is 0 Å². The SMILES string of the molecule is O=C(O)CCN1CCCC(CCc2ccc(F)cc2F)C1. The normalized spacial score (nSPS) is 19.6. The Kier molecular flexibility index (Phi) is 5.67. The second-order valence-electron chi connectivity index (χ2n) is 5.73. The average molecular weight is 297 g/mol. The monoisotopic (exact) mass is 297 g/mol. The van der Waals surface area contributed by atoms with Gasteiger partial charge in [-0.2, -0.15) is 0 Å². The van der Waals surface area contributed by atoms with Crippen LogP contribution in [0.15, 0.2) is 18.2 Å². The van der Waals surface area contributed by atoms with Gasteiger partial charge in [-0.25, -0.2) is 8.78 Å². The van der Waals surface area contributed by atoms with Gasteiger partial charge in [0.1, 0.15) is 11.6 Å². The summed E-state index contributed by atoms with van der Waals surface area (Å²) < 4.78 is 26.4. The molecule has 0 aromatic heterocycles. The third-order valence-corrected chi connectivity index (χ3v) is 4.08. The van der Waals surface area contributed by atoms with Gasteiger partial charge in [0.05, 0.1) is 6.42 Å². The van der Waals surface area contributed by atoms with Crippen molar-refractivity contribution in [2.24, 2.45) is 5.92 Å². The fourth-order valence-electron chi connectivity index (χ4n) is 2.93. The van der Waals surface area contributed by atoms with Gasteiger partial charge in [0, 0.05) is 19.2 Å². The van der Waals surface area contributed by atoms with Gasteiger partial charge in [0.15, 0.2) is 0 Å². The number of nitrogens with zero attached hydrogens (tertiary/aromatic N) is 1. The summed E-state index contributed by atoms with van der Waals surface area (Å²) in [5.74, 6) is -1.34. The Morgan fingerprint density at radius 2 is 2.19 bits per heavy atom. The predicted molar refractivity (Wildman–Crippen MR) is 76.1 cm³/mol. The van der Waals surface area contributed by atoms with Crippen molar-refractivity contribution in [3.05, 3.63) is 35.4 Å². The first-order valence-corrected chi connectivity index (χ1v) is 7.42. The van der Waals surface area contributed by atoms with Gasteiger partial charge < -0.3 is 10.0 Å². The number of hydrogen-bond donors (Lipinski definition) is 1. The van der Waals surface area contributed by atoms with E-state index in [1.54, 1.807) is 0 Å². The molecule has 1 fully saturated rings. The highest BCUT2D eigenvalue weighted by Gasteiger charge is 2.20. The predicted octanol–water partition coefficient (Wildman–Crippen LogP) is 3.08. The van der Waals surface area contributed by atoms with Crippen LogP contribution in [0.25, 0.3) is 0 Å². The molecule has 2 rings (SSSR count). The molecule has 1 aromatic rings. The van der Waals surface area contributed by atoms with Crippen molar-refractivity contribution in [3.8, 4) is 0 Å². The summed E-state index contributed by atoms with van der Waals surface area (Å²) in [6.45, 7) is 2.39. The minimum atomic E-state index is -0.773. The number of aryl methyl sites for hydroxylation is 1. The molecule has 1 aliphatic heterocycles. The smallest absolute Gasteiger partial charge is 0.304 e. The summed E-state index contributed by atoms with van der Waals surface area (Å²) >= 11 is 0. The second kappa shape index (κ2) is 7.50. The molecule has 116 valence electrons. The lowest BCUT2D eigenvalue weighted by molar-refractivity contribution is -0.137. The lowest BCUT2D eigenvalue weighted by Gasteiger charge is -2.32. The van der Waals surface area contributed by atoms with E-state index >= 15 is 0 Å². The van der Waals surface area contributed by atoms with Crippen molar-refractivity contribution in [3.63, 3.8) is 0 Å². The number of carbonyl (C=O) groups is 1. The number of carboxylic acids is 1. The Labute approximate surface area is 123 Å². The third-order valence-electron chi connectivity index (χ3n) is 4.08. The molecule has 0 spiro atoms. The van der Waals surface area contributed by atoms with Crippen LogP contribution in [0.1, 0.15) is 31.2 Å². The lowest BCUT2D eigenvalue weighted by Crippen LogP contribution is -2.36. The largest absolute Gasteiger partial charge is 0.481 e. The van der Waals surface area contributed by atoms with E-state index in [2.05, 4.69) is 4.90 Å². The number of hydrogen-bond acceptors (Lipinski definition) is 2. The topological polar surface area (TPSA) is 40.5 Å². The molecule has 0 saturated carbocycles. The molecular weight excluding hydrogens is 276 g/mol. The summed E-state index contributed by atoms with van der Waals surface area (Å²) in [4.78, 5) is 12.8. The number of halogens is 2. The van der Waals surface area contributed by atoms with Crippen LogP contribution in [0.5, 0.6) is 0 Å². The van der Waals surface area contributed by atoms with Crippen molar-refractivity contribution in [2.45, 2.75) is 32.1 Å². The van der Waals surface area contributed by atoms with Crippen LogP contribution in [0.2, 0.25) is 0 Å². The maximum atomic E-state index is 13.6. The number of aliphatic carboxylic acids is 1. The van der Waals surface area contributed by atoms with Gasteiger partial charge in [-0.1, -0.05) is 6.07 Å². The van der Waals surface area contributed by atoms with E-state index in [1.807, 2.05) is 0 Å². The van der Waals surface area contributed by atoms with Gasteiger partial charge >= 0.3 is 5.97 Å². The van der Waals surface area contributed by atoms with Gasteiger partial charge in [-0.15, -0.1) is 0 Å². The molecule has 1 saturated heterocycles. The van der Waals surface area contributed by atoms with E-state index in [9.17, 15) is 13.6 Å². The molecule has 5 heteroatoms. The average Bonchev–Trinajstić information content (AvgIpc) is 2.45. The van der Waals surface area contributed by atoms with Crippen molar-refractivity contribution >= 4 is 5.97 Å². The molecule has 0 amide bonds. The van der Waals surface area contributed by atoms with E-state index in [0.717, 1.165) is 38.4 Å². The second-order valence-corrected chi connectivity index (χ2v) is 5.73. The molecule has 1 N–H and O–H groups in total. The number of likely N-dealkylation sites (tertiary alicyclic amines) is 1. The van der Waals surface area contributed by atoms with Crippen molar-refractivity contribution in [1.82, 2.24) is 4.90 Å². The highest BCUT2D eigenvalue weighted by Crippen LogP contribution is 2.22. The standard InChI is InChI=1S/C16H21F2NO2/c17-14-6-5-13(15(18)10-14)4-3-12-2-1-8-19(11-12)9-7-16(20)21/h5-6,10,12H,1-4,7-9,11H2,(H,20,21).